The van der Waals surface area contributed by atoms with Gasteiger partial charge in [0.15, 0.2) is 11.6 Å². The van der Waals surface area contributed by atoms with Crippen LogP contribution in [0.15, 0.2) is 36.7 Å². The molecule has 0 radical (unpaired) electrons. The lowest BCUT2D eigenvalue weighted by Crippen LogP contribution is -2.50. The molecular formula is C13H12FN3O. The first-order valence-electron chi connectivity index (χ1n) is 5.77. The maximum absolute atomic E-state index is 13.5. The first kappa shape index (κ1) is 11.1. The van der Waals surface area contributed by atoms with E-state index < -0.39 is 0 Å². The Labute approximate surface area is 104 Å². The van der Waals surface area contributed by atoms with Crippen molar-refractivity contribution in [3.8, 4) is 17.1 Å². The van der Waals surface area contributed by atoms with Gasteiger partial charge in [0.2, 0.25) is 0 Å². The maximum Gasteiger partial charge on any atom is 0.162 e. The van der Waals surface area contributed by atoms with Gasteiger partial charge < -0.3 is 10.1 Å². The number of nitrogens with one attached hydrogen (secondary N) is 1. The van der Waals surface area contributed by atoms with Gasteiger partial charge in [-0.2, -0.15) is 0 Å². The van der Waals surface area contributed by atoms with E-state index in [1.165, 1.54) is 6.07 Å². The summed E-state index contributed by atoms with van der Waals surface area (Å²) in [4.78, 5) is 8.25. The Morgan fingerprint density at radius 2 is 1.89 bits per heavy atom. The van der Waals surface area contributed by atoms with E-state index in [1.54, 1.807) is 30.6 Å². The average Bonchev–Trinajstić information content (AvgIpc) is 2.35. The highest BCUT2D eigenvalue weighted by Crippen LogP contribution is 2.20. The Morgan fingerprint density at radius 1 is 1.17 bits per heavy atom. The van der Waals surface area contributed by atoms with Crippen LogP contribution in [0.1, 0.15) is 0 Å². The molecule has 1 aliphatic rings. The molecule has 0 atom stereocenters. The minimum absolute atomic E-state index is 0.188. The molecule has 1 N–H and O–H groups in total. The van der Waals surface area contributed by atoms with Gasteiger partial charge in [0.1, 0.15) is 11.9 Å². The quantitative estimate of drug-likeness (QED) is 0.892. The number of ether oxygens (including phenoxy) is 1. The minimum Gasteiger partial charge on any atom is -0.485 e. The lowest BCUT2D eigenvalue weighted by Gasteiger charge is -2.27. The molecule has 3 rings (SSSR count). The third kappa shape index (κ3) is 2.17. The second-order valence-electron chi connectivity index (χ2n) is 4.12. The molecule has 0 unspecified atom stereocenters. The van der Waals surface area contributed by atoms with Crippen LogP contribution in [-0.2, 0) is 0 Å². The molecule has 0 amide bonds. The van der Waals surface area contributed by atoms with Crippen molar-refractivity contribution in [2.75, 3.05) is 13.1 Å². The second-order valence-corrected chi connectivity index (χ2v) is 4.12. The molecule has 18 heavy (non-hydrogen) atoms. The Kier molecular flexibility index (Phi) is 2.90. The maximum atomic E-state index is 13.5. The van der Waals surface area contributed by atoms with Crippen LogP contribution >= 0.6 is 0 Å². The molecule has 0 aliphatic carbocycles. The molecule has 1 aliphatic heterocycles. The molecule has 1 saturated heterocycles. The topological polar surface area (TPSA) is 47.0 Å². The van der Waals surface area contributed by atoms with Crippen LogP contribution in [0.25, 0.3) is 11.4 Å². The smallest absolute Gasteiger partial charge is 0.162 e. The predicted octanol–water partition coefficient (Wildman–Crippen LogP) is 1.63. The zero-order valence-electron chi connectivity index (χ0n) is 9.64. The number of rotatable bonds is 3. The van der Waals surface area contributed by atoms with Gasteiger partial charge in [-0.25, -0.2) is 14.4 Å². The van der Waals surface area contributed by atoms with E-state index in [9.17, 15) is 4.39 Å². The van der Waals surface area contributed by atoms with E-state index in [0.29, 0.717) is 17.1 Å². The summed E-state index contributed by atoms with van der Waals surface area (Å²) < 4.78 is 19.1. The number of nitrogens with zero attached hydrogens (tertiary/aromatic N) is 2. The summed E-state index contributed by atoms with van der Waals surface area (Å²) in [5.41, 5.74) is 0.398. The first-order valence-corrected chi connectivity index (χ1v) is 5.77. The molecule has 2 heterocycles. The van der Waals surface area contributed by atoms with Crippen LogP contribution in [0.5, 0.6) is 5.75 Å². The van der Waals surface area contributed by atoms with Gasteiger partial charge in [0.05, 0.1) is 18.0 Å². The third-order valence-electron chi connectivity index (χ3n) is 2.79. The Balaban J connectivity index is 1.80. The largest absolute Gasteiger partial charge is 0.485 e. The van der Waals surface area contributed by atoms with Crippen molar-refractivity contribution < 1.29 is 9.13 Å². The van der Waals surface area contributed by atoms with Crippen molar-refractivity contribution >= 4 is 0 Å². The van der Waals surface area contributed by atoms with E-state index in [4.69, 9.17) is 4.74 Å². The van der Waals surface area contributed by atoms with Gasteiger partial charge in [-0.05, 0) is 12.1 Å². The van der Waals surface area contributed by atoms with Crippen LogP contribution < -0.4 is 10.1 Å². The Bertz CT molecular complexity index is 540. The minimum atomic E-state index is -0.325. The van der Waals surface area contributed by atoms with E-state index in [0.717, 1.165) is 13.1 Å². The fourth-order valence-electron chi connectivity index (χ4n) is 1.70. The molecule has 1 aromatic carbocycles. The van der Waals surface area contributed by atoms with Gasteiger partial charge in [-0.1, -0.05) is 12.1 Å². The van der Waals surface area contributed by atoms with E-state index in [2.05, 4.69) is 15.3 Å². The van der Waals surface area contributed by atoms with E-state index in [-0.39, 0.29) is 11.9 Å². The molecule has 1 fully saturated rings. The molecule has 5 heteroatoms. The second kappa shape index (κ2) is 4.70. The van der Waals surface area contributed by atoms with Gasteiger partial charge in [-0.15, -0.1) is 0 Å². The molecule has 4 nitrogen and oxygen atoms in total. The van der Waals surface area contributed by atoms with Crippen LogP contribution in [-0.4, -0.2) is 29.2 Å². The van der Waals surface area contributed by atoms with Crippen molar-refractivity contribution in [3.05, 3.63) is 42.5 Å². The van der Waals surface area contributed by atoms with Gasteiger partial charge in [0.25, 0.3) is 0 Å². The number of halogens is 1. The molecule has 1 aromatic heterocycles. The van der Waals surface area contributed by atoms with E-state index >= 15 is 0 Å². The molecule has 0 spiro atoms. The summed E-state index contributed by atoms with van der Waals surface area (Å²) in [7, 11) is 0. The molecule has 0 bridgehead atoms. The Hall–Kier alpha value is -2.01. The normalized spacial score (nSPS) is 15.2. The standard InChI is InChI=1S/C13H12FN3O/c14-12-4-2-1-3-11(12)13-16-7-10(8-17-13)18-9-5-15-6-9/h1-4,7-9,15H,5-6H2. The van der Waals surface area contributed by atoms with Gasteiger partial charge >= 0.3 is 0 Å². The highest BCUT2D eigenvalue weighted by Gasteiger charge is 2.18. The SMILES string of the molecule is Fc1ccccc1-c1ncc(OC2CNC2)cn1. The van der Waals surface area contributed by atoms with Crippen LogP contribution in [0.2, 0.25) is 0 Å². The predicted molar refractivity (Wildman–Crippen MR) is 64.7 cm³/mol. The monoisotopic (exact) mass is 245 g/mol. The lowest BCUT2D eigenvalue weighted by molar-refractivity contribution is 0.141. The molecule has 92 valence electrons. The Morgan fingerprint density at radius 3 is 2.50 bits per heavy atom. The fraction of sp³-hybridized carbons (Fsp3) is 0.231. The summed E-state index contributed by atoms with van der Waals surface area (Å²) in [5, 5.41) is 3.11. The van der Waals surface area contributed by atoms with Crippen molar-refractivity contribution in [1.82, 2.24) is 15.3 Å². The first-order chi connectivity index (χ1) is 8.83. The average molecular weight is 245 g/mol. The van der Waals surface area contributed by atoms with Crippen molar-refractivity contribution in [1.29, 1.82) is 0 Å². The summed E-state index contributed by atoms with van der Waals surface area (Å²) in [6.07, 6.45) is 3.34. The van der Waals surface area contributed by atoms with Crippen LogP contribution in [0, 0.1) is 5.82 Å². The zero-order chi connectivity index (χ0) is 12.4. The summed E-state index contributed by atoms with van der Waals surface area (Å²) in [6, 6.07) is 6.44. The van der Waals surface area contributed by atoms with Crippen molar-refractivity contribution in [2.24, 2.45) is 0 Å². The van der Waals surface area contributed by atoms with Gasteiger partial charge in [-0.3, -0.25) is 0 Å². The van der Waals surface area contributed by atoms with Crippen molar-refractivity contribution in [2.45, 2.75) is 6.10 Å². The summed E-state index contributed by atoms with van der Waals surface area (Å²) in [5.74, 6) is 0.656. The number of benzene rings is 1. The zero-order valence-corrected chi connectivity index (χ0v) is 9.64. The fourth-order valence-corrected chi connectivity index (χ4v) is 1.70. The van der Waals surface area contributed by atoms with Gasteiger partial charge in [0, 0.05) is 13.1 Å². The highest BCUT2D eigenvalue weighted by atomic mass is 19.1. The number of hydrogen-bond acceptors (Lipinski definition) is 4. The highest BCUT2D eigenvalue weighted by molar-refractivity contribution is 5.55. The molecule has 2 aromatic rings. The molecular weight excluding hydrogens is 233 g/mol. The van der Waals surface area contributed by atoms with Crippen LogP contribution in [0.3, 0.4) is 0 Å². The number of hydrogen-bond donors (Lipinski definition) is 1. The summed E-state index contributed by atoms with van der Waals surface area (Å²) >= 11 is 0. The summed E-state index contributed by atoms with van der Waals surface area (Å²) in [6.45, 7) is 1.68. The number of aromatic nitrogens is 2. The van der Waals surface area contributed by atoms with E-state index in [1.807, 2.05) is 0 Å². The molecule has 0 saturated carbocycles. The lowest BCUT2D eigenvalue weighted by atomic mass is 10.2. The van der Waals surface area contributed by atoms with Crippen molar-refractivity contribution in [3.63, 3.8) is 0 Å². The van der Waals surface area contributed by atoms with Crippen LogP contribution in [0.4, 0.5) is 4.39 Å². The third-order valence-corrected chi connectivity index (χ3v) is 2.79.